The van der Waals surface area contributed by atoms with Crippen LogP contribution in [0.3, 0.4) is 0 Å². The minimum absolute atomic E-state index is 0.363. The van der Waals surface area contributed by atoms with Gasteiger partial charge in [-0.25, -0.2) is 0 Å². The molecule has 8 heteroatoms. The standard InChI is InChI=1S/C17H16BrClN2O4/c1-24-8-9-25-15-7-4-12(10-14(15)18)17(23)21-20-16(22)11-2-5-13(19)6-3-11/h2-7,10H,8-9H2,1H3,(H,20,22)(H,21,23). The van der Waals surface area contributed by atoms with Crippen LogP contribution >= 0.6 is 27.5 Å². The van der Waals surface area contributed by atoms with Gasteiger partial charge < -0.3 is 9.47 Å². The molecule has 0 aliphatic rings. The summed E-state index contributed by atoms with van der Waals surface area (Å²) in [7, 11) is 1.59. The molecule has 2 amide bonds. The number of hydrogen-bond donors (Lipinski definition) is 2. The molecule has 0 saturated carbocycles. The molecule has 0 saturated heterocycles. The first-order valence-corrected chi connectivity index (χ1v) is 8.46. The summed E-state index contributed by atoms with van der Waals surface area (Å²) < 4.78 is 11.0. The number of halogens is 2. The minimum atomic E-state index is -0.452. The lowest BCUT2D eigenvalue weighted by molar-refractivity contribution is 0.0846. The van der Waals surface area contributed by atoms with Crippen molar-refractivity contribution in [1.82, 2.24) is 10.9 Å². The number of nitrogens with one attached hydrogen (secondary N) is 2. The van der Waals surface area contributed by atoms with Crippen molar-refractivity contribution in [2.75, 3.05) is 20.3 Å². The molecule has 0 bridgehead atoms. The van der Waals surface area contributed by atoms with Gasteiger partial charge >= 0.3 is 0 Å². The van der Waals surface area contributed by atoms with Gasteiger partial charge in [0, 0.05) is 23.3 Å². The number of ether oxygens (including phenoxy) is 2. The summed E-state index contributed by atoms with van der Waals surface area (Å²) in [4.78, 5) is 24.1. The van der Waals surface area contributed by atoms with Gasteiger partial charge in [-0.3, -0.25) is 20.4 Å². The maximum Gasteiger partial charge on any atom is 0.269 e. The quantitative estimate of drug-likeness (QED) is 0.548. The second kappa shape index (κ2) is 9.41. The number of carbonyl (C=O) groups excluding carboxylic acids is 2. The van der Waals surface area contributed by atoms with E-state index in [1.165, 1.54) is 0 Å². The van der Waals surface area contributed by atoms with Crippen molar-refractivity contribution in [3.8, 4) is 5.75 Å². The van der Waals surface area contributed by atoms with Crippen LogP contribution in [0.4, 0.5) is 0 Å². The Hall–Kier alpha value is -2.09. The molecular formula is C17H16BrClN2O4. The Kier molecular flexibility index (Phi) is 7.24. The number of hydrazine groups is 1. The van der Waals surface area contributed by atoms with E-state index in [1.807, 2.05) is 0 Å². The van der Waals surface area contributed by atoms with Gasteiger partial charge in [-0.15, -0.1) is 0 Å². The molecule has 2 aromatic carbocycles. The van der Waals surface area contributed by atoms with E-state index in [9.17, 15) is 9.59 Å². The van der Waals surface area contributed by atoms with E-state index in [-0.39, 0.29) is 0 Å². The Morgan fingerprint density at radius 3 is 2.20 bits per heavy atom. The Morgan fingerprint density at radius 1 is 1.00 bits per heavy atom. The molecule has 0 radical (unpaired) electrons. The molecule has 0 spiro atoms. The molecule has 25 heavy (non-hydrogen) atoms. The van der Waals surface area contributed by atoms with E-state index in [0.29, 0.717) is 39.6 Å². The summed E-state index contributed by atoms with van der Waals surface area (Å²) >= 11 is 9.11. The Morgan fingerprint density at radius 2 is 1.60 bits per heavy atom. The molecule has 0 fully saturated rings. The second-order valence-electron chi connectivity index (χ2n) is 4.90. The third kappa shape index (κ3) is 5.74. The number of hydrogen-bond acceptors (Lipinski definition) is 4. The van der Waals surface area contributed by atoms with Gasteiger partial charge in [0.25, 0.3) is 11.8 Å². The highest BCUT2D eigenvalue weighted by molar-refractivity contribution is 9.10. The molecule has 0 unspecified atom stereocenters. The average molecular weight is 428 g/mol. The summed E-state index contributed by atoms with van der Waals surface area (Å²) in [5.41, 5.74) is 5.45. The van der Waals surface area contributed by atoms with Crippen LogP contribution < -0.4 is 15.6 Å². The van der Waals surface area contributed by atoms with E-state index in [4.69, 9.17) is 21.1 Å². The Bertz CT molecular complexity index is 753. The van der Waals surface area contributed by atoms with E-state index in [0.717, 1.165) is 0 Å². The van der Waals surface area contributed by atoms with E-state index in [1.54, 1.807) is 49.6 Å². The van der Waals surface area contributed by atoms with E-state index < -0.39 is 11.8 Å². The highest BCUT2D eigenvalue weighted by Crippen LogP contribution is 2.26. The highest BCUT2D eigenvalue weighted by atomic mass is 79.9. The minimum Gasteiger partial charge on any atom is -0.490 e. The van der Waals surface area contributed by atoms with Crippen molar-refractivity contribution in [3.05, 3.63) is 63.1 Å². The van der Waals surface area contributed by atoms with Crippen LogP contribution in [0.2, 0.25) is 5.02 Å². The fourth-order valence-corrected chi connectivity index (χ4v) is 2.47. The smallest absolute Gasteiger partial charge is 0.269 e. The molecule has 0 heterocycles. The van der Waals surface area contributed by atoms with Crippen LogP contribution in [0.25, 0.3) is 0 Å². The number of carbonyl (C=O) groups is 2. The zero-order valence-corrected chi connectivity index (χ0v) is 15.7. The molecule has 0 aliphatic carbocycles. The van der Waals surface area contributed by atoms with Crippen LogP contribution in [0, 0.1) is 0 Å². The van der Waals surface area contributed by atoms with Crippen LogP contribution in [0.15, 0.2) is 46.9 Å². The predicted octanol–water partition coefficient (Wildman–Crippen LogP) is 3.20. The molecule has 6 nitrogen and oxygen atoms in total. The molecule has 2 rings (SSSR count). The fraction of sp³-hybridized carbons (Fsp3) is 0.176. The first kappa shape index (κ1) is 19.2. The van der Waals surface area contributed by atoms with Crippen LogP contribution in [0.1, 0.15) is 20.7 Å². The van der Waals surface area contributed by atoms with Crippen molar-refractivity contribution in [2.45, 2.75) is 0 Å². The Labute approximate surface area is 158 Å². The zero-order chi connectivity index (χ0) is 18.2. The number of amides is 2. The molecule has 0 aliphatic heterocycles. The summed E-state index contributed by atoms with van der Waals surface area (Å²) in [6.07, 6.45) is 0. The van der Waals surface area contributed by atoms with Gasteiger partial charge in [-0.1, -0.05) is 11.6 Å². The summed E-state index contributed by atoms with van der Waals surface area (Å²) in [6.45, 7) is 0.864. The molecule has 2 N–H and O–H groups in total. The van der Waals surface area contributed by atoms with Gasteiger partial charge in [0.1, 0.15) is 12.4 Å². The van der Waals surface area contributed by atoms with Crippen molar-refractivity contribution in [3.63, 3.8) is 0 Å². The fourth-order valence-electron chi connectivity index (χ4n) is 1.85. The number of rotatable bonds is 6. The maximum absolute atomic E-state index is 12.1. The topological polar surface area (TPSA) is 76.7 Å². The first-order chi connectivity index (χ1) is 12.0. The van der Waals surface area contributed by atoms with Crippen molar-refractivity contribution >= 4 is 39.3 Å². The van der Waals surface area contributed by atoms with Crippen molar-refractivity contribution < 1.29 is 19.1 Å². The lowest BCUT2D eigenvalue weighted by Gasteiger charge is -2.10. The third-order valence-corrected chi connectivity index (χ3v) is 4.01. The first-order valence-electron chi connectivity index (χ1n) is 7.29. The SMILES string of the molecule is COCCOc1ccc(C(=O)NNC(=O)c2ccc(Cl)cc2)cc1Br. The summed E-state index contributed by atoms with van der Waals surface area (Å²) in [5.74, 6) is -0.297. The van der Waals surface area contributed by atoms with Gasteiger partial charge in [-0.05, 0) is 58.4 Å². The normalized spacial score (nSPS) is 10.2. The van der Waals surface area contributed by atoms with Crippen LogP contribution in [-0.4, -0.2) is 32.1 Å². The predicted molar refractivity (Wildman–Crippen MR) is 97.9 cm³/mol. The highest BCUT2D eigenvalue weighted by Gasteiger charge is 2.11. The lowest BCUT2D eigenvalue weighted by Crippen LogP contribution is -2.41. The number of methoxy groups -OCH3 is 1. The van der Waals surface area contributed by atoms with E-state index in [2.05, 4.69) is 26.8 Å². The average Bonchev–Trinajstić information content (AvgIpc) is 2.61. The molecule has 132 valence electrons. The molecule has 2 aromatic rings. The van der Waals surface area contributed by atoms with Gasteiger partial charge in [0.05, 0.1) is 11.1 Å². The summed E-state index contributed by atoms with van der Waals surface area (Å²) in [5, 5.41) is 0.526. The lowest BCUT2D eigenvalue weighted by atomic mass is 10.2. The summed E-state index contributed by atoms with van der Waals surface area (Å²) in [6, 6.07) is 11.2. The monoisotopic (exact) mass is 426 g/mol. The van der Waals surface area contributed by atoms with Crippen LogP contribution in [0.5, 0.6) is 5.75 Å². The Balaban J connectivity index is 1.93. The molecule has 0 atom stereocenters. The van der Waals surface area contributed by atoms with Crippen molar-refractivity contribution in [2.24, 2.45) is 0 Å². The van der Waals surface area contributed by atoms with Gasteiger partial charge in [-0.2, -0.15) is 0 Å². The zero-order valence-electron chi connectivity index (χ0n) is 13.3. The molecule has 0 aromatic heterocycles. The number of benzene rings is 2. The van der Waals surface area contributed by atoms with E-state index >= 15 is 0 Å². The van der Waals surface area contributed by atoms with Crippen molar-refractivity contribution in [1.29, 1.82) is 0 Å². The van der Waals surface area contributed by atoms with Gasteiger partial charge in [0.2, 0.25) is 0 Å². The third-order valence-electron chi connectivity index (χ3n) is 3.14. The van der Waals surface area contributed by atoms with Crippen LogP contribution in [-0.2, 0) is 4.74 Å². The molecular weight excluding hydrogens is 412 g/mol. The largest absolute Gasteiger partial charge is 0.490 e. The maximum atomic E-state index is 12.1. The van der Waals surface area contributed by atoms with Gasteiger partial charge in [0.15, 0.2) is 0 Å². The second-order valence-corrected chi connectivity index (χ2v) is 6.19.